The molecular formula is C24H25N3O7S3. The number of primary sulfonamides is 1. The predicted molar refractivity (Wildman–Crippen MR) is 138 cm³/mol. The summed E-state index contributed by atoms with van der Waals surface area (Å²) in [7, 11) is -7.97. The van der Waals surface area contributed by atoms with E-state index in [4.69, 9.17) is 9.88 Å². The zero-order valence-electron chi connectivity index (χ0n) is 19.8. The van der Waals surface area contributed by atoms with Crippen molar-refractivity contribution in [3.63, 3.8) is 0 Å². The van der Waals surface area contributed by atoms with Gasteiger partial charge in [0.1, 0.15) is 16.0 Å². The van der Waals surface area contributed by atoms with E-state index in [1.807, 2.05) is 6.92 Å². The molecule has 0 saturated carbocycles. The Morgan fingerprint density at radius 3 is 2.27 bits per heavy atom. The van der Waals surface area contributed by atoms with Crippen LogP contribution in [0.25, 0.3) is 0 Å². The standard InChI is InChI=1S/C24H25N3O7S3/c1-2-34-19-9-7-18(8-10-19)27-22(28)16-21(24(27)29)26(37(32,33)23-4-3-15-35-23)14-13-17-5-11-20(12-6-17)36(25,30)31/h3-12,15,21H,2,13-14,16H2,1H3,(H2,25,30,31). The summed E-state index contributed by atoms with van der Waals surface area (Å²) in [4.78, 5) is 27.3. The van der Waals surface area contributed by atoms with Crippen molar-refractivity contribution >= 4 is 48.9 Å². The Balaban J connectivity index is 1.62. The number of imide groups is 1. The average Bonchev–Trinajstić information content (AvgIpc) is 3.49. The molecule has 2 amide bonds. The number of hydrogen-bond acceptors (Lipinski definition) is 8. The molecule has 1 atom stereocenters. The fourth-order valence-corrected chi connectivity index (χ4v) is 7.24. The fourth-order valence-electron chi connectivity index (χ4n) is 4.02. The van der Waals surface area contributed by atoms with E-state index >= 15 is 0 Å². The minimum Gasteiger partial charge on any atom is -0.494 e. The number of ether oxygens (including phenoxy) is 1. The number of rotatable bonds is 10. The van der Waals surface area contributed by atoms with Crippen molar-refractivity contribution in [2.75, 3.05) is 18.1 Å². The minimum atomic E-state index is -4.10. The Labute approximate surface area is 219 Å². The Hall–Kier alpha value is -3.10. The van der Waals surface area contributed by atoms with Gasteiger partial charge in [0.05, 0.1) is 23.6 Å². The van der Waals surface area contributed by atoms with E-state index in [1.54, 1.807) is 35.7 Å². The average molecular weight is 564 g/mol. The van der Waals surface area contributed by atoms with Gasteiger partial charge in [-0.3, -0.25) is 9.59 Å². The molecule has 37 heavy (non-hydrogen) atoms. The molecule has 0 aliphatic carbocycles. The molecule has 0 bridgehead atoms. The first-order valence-corrected chi connectivity index (χ1v) is 15.2. The molecule has 2 heterocycles. The summed E-state index contributed by atoms with van der Waals surface area (Å²) >= 11 is 1.01. The Morgan fingerprint density at radius 1 is 1.03 bits per heavy atom. The smallest absolute Gasteiger partial charge is 0.253 e. The van der Waals surface area contributed by atoms with Gasteiger partial charge in [-0.15, -0.1) is 11.3 Å². The number of carbonyl (C=O) groups is 2. The lowest BCUT2D eigenvalue weighted by atomic mass is 10.1. The number of benzene rings is 2. The number of hydrogen-bond donors (Lipinski definition) is 1. The zero-order chi connectivity index (χ0) is 26.8. The summed E-state index contributed by atoms with van der Waals surface area (Å²) < 4.78 is 56.6. The first kappa shape index (κ1) is 26.9. The lowest BCUT2D eigenvalue weighted by Gasteiger charge is -2.26. The highest BCUT2D eigenvalue weighted by Gasteiger charge is 2.47. The van der Waals surface area contributed by atoms with Crippen LogP contribution in [0.4, 0.5) is 5.69 Å². The van der Waals surface area contributed by atoms with Crippen LogP contribution in [-0.4, -0.2) is 52.1 Å². The van der Waals surface area contributed by atoms with Gasteiger partial charge in [0.25, 0.3) is 15.9 Å². The summed E-state index contributed by atoms with van der Waals surface area (Å²) in [5.41, 5.74) is 0.965. The molecule has 1 aliphatic rings. The SMILES string of the molecule is CCOc1ccc(N2C(=O)CC(N(CCc3ccc(S(N)(=O)=O)cc3)S(=O)(=O)c3cccs3)C2=O)cc1. The molecular weight excluding hydrogens is 538 g/mol. The van der Waals surface area contributed by atoms with Gasteiger partial charge in [-0.2, -0.15) is 4.31 Å². The normalized spacial score (nSPS) is 16.5. The molecule has 1 saturated heterocycles. The molecule has 1 aliphatic heterocycles. The van der Waals surface area contributed by atoms with Crippen molar-refractivity contribution in [1.82, 2.24) is 4.31 Å². The number of sulfonamides is 2. The van der Waals surface area contributed by atoms with Crippen LogP contribution in [0.1, 0.15) is 18.9 Å². The summed E-state index contributed by atoms with van der Waals surface area (Å²) in [5.74, 6) is -0.570. The maximum Gasteiger partial charge on any atom is 0.253 e. The lowest BCUT2D eigenvalue weighted by molar-refractivity contribution is -0.122. The van der Waals surface area contributed by atoms with Gasteiger partial charge < -0.3 is 4.74 Å². The molecule has 2 N–H and O–H groups in total. The van der Waals surface area contributed by atoms with Crippen molar-refractivity contribution in [3.05, 3.63) is 71.6 Å². The van der Waals surface area contributed by atoms with Gasteiger partial charge in [0, 0.05) is 6.54 Å². The van der Waals surface area contributed by atoms with Crippen molar-refractivity contribution in [2.45, 2.75) is 34.9 Å². The molecule has 4 rings (SSSR count). The van der Waals surface area contributed by atoms with Crippen LogP contribution in [0, 0.1) is 0 Å². The topological polar surface area (TPSA) is 144 Å². The van der Waals surface area contributed by atoms with E-state index in [0.29, 0.717) is 23.6 Å². The van der Waals surface area contributed by atoms with Crippen LogP contribution >= 0.6 is 11.3 Å². The first-order chi connectivity index (χ1) is 17.5. The third-order valence-electron chi connectivity index (χ3n) is 5.81. The number of anilines is 1. The van der Waals surface area contributed by atoms with Gasteiger partial charge in [-0.1, -0.05) is 18.2 Å². The largest absolute Gasteiger partial charge is 0.494 e. The van der Waals surface area contributed by atoms with Crippen molar-refractivity contribution in [3.8, 4) is 5.75 Å². The van der Waals surface area contributed by atoms with E-state index < -0.39 is 37.9 Å². The van der Waals surface area contributed by atoms with Crippen LogP contribution in [-0.2, 0) is 36.1 Å². The van der Waals surface area contributed by atoms with E-state index in [2.05, 4.69) is 0 Å². The van der Waals surface area contributed by atoms with E-state index in [-0.39, 0.29) is 28.5 Å². The van der Waals surface area contributed by atoms with E-state index in [0.717, 1.165) is 20.5 Å². The number of amides is 2. The fraction of sp³-hybridized carbons (Fsp3) is 0.250. The molecule has 1 aromatic heterocycles. The second-order valence-electron chi connectivity index (χ2n) is 8.20. The molecule has 196 valence electrons. The molecule has 2 aromatic carbocycles. The van der Waals surface area contributed by atoms with Gasteiger partial charge in [-0.05, 0) is 66.8 Å². The molecule has 13 heteroatoms. The highest BCUT2D eigenvalue weighted by atomic mass is 32.2. The van der Waals surface area contributed by atoms with Gasteiger partial charge in [-0.25, -0.2) is 26.9 Å². The van der Waals surface area contributed by atoms with Crippen molar-refractivity contribution in [1.29, 1.82) is 0 Å². The van der Waals surface area contributed by atoms with E-state index in [9.17, 15) is 26.4 Å². The highest BCUT2D eigenvalue weighted by molar-refractivity contribution is 7.91. The molecule has 0 radical (unpaired) electrons. The third-order valence-corrected chi connectivity index (χ3v) is 10.0. The third kappa shape index (κ3) is 5.75. The summed E-state index contributed by atoms with van der Waals surface area (Å²) in [5, 5.41) is 6.76. The predicted octanol–water partition coefficient (Wildman–Crippen LogP) is 2.36. The maximum absolute atomic E-state index is 13.5. The van der Waals surface area contributed by atoms with Crippen LogP contribution in [0.15, 0.2) is 75.1 Å². The van der Waals surface area contributed by atoms with Crippen molar-refractivity contribution in [2.24, 2.45) is 5.14 Å². The van der Waals surface area contributed by atoms with Crippen LogP contribution in [0.5, 0.6) is 5.75 Å². The second-order valence-corrected chi connectivity index (χ2v) is 12.8. The Bertz CT molecular complexity index is 1490. The highest BCUT2D eigenvalue weighted by Crippen LogP contribution is 2.31. The molecule has 1 unspecified atom stereocenters. The van der Waals surface area contributed by atoms with Crippen LogP contribution in [0.2, 0.25) is 0 Å². The van der Waals surface area contributed by atoms with Crippen LogP contribution in [0.3, 0.4) is 0 Å². The monoisotopic (exact) mass is 563 g/mol. The molecule has 0 spiro atoms. The Morgan fingerprint density at radius 2 is 1.70 bits per heavy atom. The van der Waals surface area contributed by atoms with Gasteiger partial charge >= 0.3 is 0 Å². The number of carbonyl (C=O) groups excluding carboxylic acids is 2. The number of nitrogens with two attached hydrogens (primary N) is 1. The molecule has 1 fully saturated rings. The van der Waals surface area contributed by atoms with Crippen molar-refractivity contribution < 1.29 is 31.2 Å². The lowest BCUT2D eigenvalue weighted by Crippen LogP contribution is -2.46. The van der Waals surface area contributed by atoms with Gasteiger partial charge in [0.2, 0.25) is 15.9 Å². The molecule has 3 aromatic rings. The van der Waals surface area contributed by atoms with Crippen LogP contribution < -0.4 is 14.8 Å². The zero-order valence-corrected chi connectivity index (χ0v) is 22.3. The number of nitrogens with zero attached hydrogens (tertiary/aromatic N) is 2. The van der Waals surface area contributed by atoms with Gasteiger partial charge in [0.15, 0.2) is 0 Å². The van der Waals surface area contributed by atoms with E-state index in [1.165, 1.54) is 30.3 Å². The number of thiophene rings is 1. The first-order valence-electron chi connectivity index (χ1n) is 11.3. The summed E-state index contributed by atoms with van der Waals surface area (Å²) in [6.07, 6.45) is -0.127. The Kier molecular flexibility index (Phi) is 7.80. The molecule has 10 nitrogen and oxygen atoms in total. The maximum atomic E-state index is 13.5. The summed E-state index contributed by atoms with van der Waals surface area (Å²) in [6.45, 7) is 2.20. The quantitative estimate of drug-likeness (QED) is 0.373. The minimum absolute atomic E-state index is 0.0526. The second kappa shape index (κ2) is 10.7. The summed E-state index contributed by atoms with van der Waals surface area (Å²) in [6, 6.07) is 14.0.